The Hall–Kier alpha value is -1.94. The average molecular weight is 1490 g/mol. The Kier molecular flexibility index (Phi) is 71.8. The van der Waals surface area contributed by atoms with Crippen molar-refractivity contribution in [3.05, 3.63) is 0 Å². The van der Waals surface area contributed by atoms with E-state index in [-0.39, 0.29) is 25.7 Å². The molecule has 3 unspecified atom stereocenters. The van der Waals surface area contributed by atoms with Crippen LogP contribution in [-0.4, -0.2) is 96.7 Å². The van der Waals surface area contributed by atoms with Crippen LogP contribution in [0.2, 0.25) is 0 Å². The van der Waals surface area contributed by atoms with Gasteiger partial charge in [0.2, 0.25) is 0 Å². The second-order valence-electron chi connectivity index (χ2n) is 31.1. The molecule has 606 valence electrons. The molecule has 0 saturated heterocycles. The Morgan fingerprint density at radius 3 is 0.745 bits per heavy atom. The predicted octanol–water partition coefficient (Wildman–Crippen LogP) is 24.9. The molecule has 3 N–H and O–H groups in total. The normalized spacial score (nSPS) is 14.2. The molecule has 0 radical (unpaired) electrons. The van der Waals surface area contributed by atoms with Gasteiger partial charge in [-0.1, -0.05) is 382 Å². The lowest BCUT2D eigenvalue weighted by atomic mass is 9.99. The smallest absolute Gasteiger partial charge is 0.462 e. The van der Waals surface area contributed by atoms with E-state index in [1.54, 1.807) is 0 Å². The topological polar surface area (TPSA) is 237 Å². The summed E-state index contributed by atoms with van der Waals surface area (Å²) in [6.45, 7) is 11.9. The summed E-state index contributed by atoms with van der Waals surface area (Å²) < 4.78 is 68.7. The lowest BCUT2D eigenvalue weighted by Crippen LogP contribution is -2.30. The molecule has 0 aromatic carbocycles. The highest BCUT2D eigenvalue weighted by Gasteiger charge is 2.30. The van der Waals surface area contributed by atoms with Crippen LogP contribution in [0.3, 0.4) is 0 Å². The molecule has 0 aliphatic rings. The summed E-state index contributed by atoms with van der Waals surface area (Å²) >= 11 is 0. The minimum absolute atomic E-state index is 0.104. The first-order chi connectivity index (χ1) is 49.3. The standard InChI is InChI=1S/C83H162O17P2/c1-8-10-11-12-13-14-15-16-17-18-22-25-28-31-34-43-50-57-64-80(85)93-70-78(99-82(87)66-59-52-45-35-32-29-26-23-20-19-21-24-27-30-33-42-49-56-63-76(7)9-2)72-97-101(89,90)95-68-77(84)69-96-102(91,92)98-73-79(100-83(88)67-60-53-46-39-37-41-48-55-62-75(5)6)71-94-81(86)65-58-51-44-38-36-40-47-54-61-74(3)4/h74-79,84H,8-73H2,1-7H3,(H,89,90)(H,91,92)/t76?,77-,78-,79-/m1/s1. The molecule has 0 aromatic rings. The third-order valence-corrected chi connectivity index (χ3v) is 21.6. The van der Waals surface area contributed by atoms with E-state index >= 15 is 0 Å². The number of hydrogen-bond donors (Lipinski definition) is 3. The van der Waals surface area contributed by atoms with Crippen LogP contribution >= 0.6 is 15.6 Å². The van der Waals surface area contributed by atoms with Gasteiger partial charge in [0.15, 0.2) is 12.2 Å². The van der Waals surface area contributed by atoms with Gasteiger partial charge >= 0.3 is 39.5 Å². The van der Waals surface area contributed by atoms with E-state index in [9.17, 15) is 43.2 Å². The van der Waals surface area contributed by atoms with Gasteiger partial charge in [0, 0.05) is 25.7 Å². The number of aliphatic hydroxyl groups is 1. The fourth-order valence-electron chi connectivity index (χ4n) is 12.8. The number of carbonyl (C=O) groups excluding carboxylic acids is 4. The summed E-state index contributed by atoms with van der Waals surface area (Å²) in [5, 5.41) is 10.6. The van der Waals surface area contributed by atoms with Crippen LogP contribution in [0.15, 0.2) is 0 Å². The molecule has 0 saturated carbocycles. The van der Waals surface area contributed by atoms with E-state index in [0.717, 1.165) is 108 Å². The first kappa shape index (κ1) is 100. The summed E-state index contributed by atoms with van der Waals surface area (Å²) in [7, 11) is -9.92. The average Bonchev–Trinajstić information content (AvgIpc) is 0.923. The van der Waals surface area contributed by atoms with Gasteiger partial charge in [0.05, 0.1) is 26.4 Å². The first-order valence-corrected chi connectivity index (χ1v) is 45.9. The van der Waals surface area contributed by atoms with Crippen molar-refractivity contribution in [2.45, 2.75) is 452 Å². The van der Waals surface area contributed by atoms with Crippen molar-refractivity contribution < 1.29 is 80.2 Å². The fourth-order valence-corrected chi connectivity index (χ4v) is 14.4. The third-order valence-electron chi connectivity index (χ3n) is 19.7. The SMILES string of the molecule is CCCCCCCCCCCCCCCCCCCCC(=O)OC[C@H](COP(=O)(O)OC[C@@H](O)COP(=O)(O)OC[C@@H](COC(=O)CCCCCCCCCCC(C)C)OC(=O)CCCCCCCCCCC(C)C)OC(=O)CCCCCCCCCCCCCCCCCCCCC(C)CC. The van der Waals surface area contributed by atoms with Crippen molar-refractivity contribution in [2.75, 3.05) is 39.6 Å². The second-order valence-corrected chi connectivity index (χ2v) is 34.0. The lowest BCUT2D eigenvalue weighted by molar-refractivity contribution is -0.161. The van der Waals surface area contributed by atoms with E-state index in [2.05, 4.69) is 48.5 Å². The zero-order valence-electron chi connectivity index (χ0n) is 67.1. The number of ether oxygens (including phenoxy) is 4. The Balaban J connectivity index is 5.21. The van der Waals surface area contributed by atoms with Crippen LogP contribution in [-0.2, 0) is 65.4 Å². The summed E-state index contributed by atoms with van der Waals surface area (Å²) in [6.07, 6.45) is 62.6. The zero-order valence-corrected chi connectivity index (χ0v) is 68.9. The molecule has 0 amide bonds. The molecule has 0 fully saturated rings. The molecule has 0 aliphatic carbocycles. The molecule has 102 heavy (non-hydrogen) atoms. The van der Waals surface area contributed by atoms with Gasteiger partial charge in [-0.05, 0) is 43.4 Å². The van der Waals surface area contributed by atoms with Gasteiger partial charge in [-0.3, -0.25) is 37.3 Å². The maximum absolute atomic E-state index is 13.1. The van der Waals surface area contributed by atoms with Crippen molar-refractivity contribution in [2.24, 2.45) is 17.8 Å². The number of unbranched alkanes of at least 4 members (excludes halogenated alkanes) is 48. The molecule has 0 aromatic heterocycles. The maximum atomic E-state index is 13.1. The van der Waals surface area contributed by atoms with Crippen molar-refractivity contribution in [1.82, 2.24) is 0 Å². The highest BCUT2D eigenvalue weighted by Crippen LogP contribution is 2.45. The van der Waals surface area contributed by atoms with Crippen LogP contribution in [0.25, 0.3) is 0 Å². The molecular weight excluding hydrogens is 1330 g/mol. The molecule has 0 heterocycles. The third kappa shape index (κ3) is 74.9. The molecule has 6 atom stereocenters. The van der Waals surface area contributed by atoms with Crippen LogP contribution < -0.4 is 0 Å². The Morgan fingerprint density at radius 2 is 0.500 bits per heavy atom. The zero-order chi connectivity index (χ0) is 75.1. The molecule has 0 spiro atoms. The minimum Gasteiger partial charge on any atom is -0.462 e. The van der Waals surface area contributed by atoms with Gasteiger partial charge in [0.1, 0.15) is 19.3 Å². The van der Waals surface area contributed by atoms with E-state index < -0.39 is 97.5 Å². The van der Waals surface area contributed by atoms with Gasteiger partial charge in [-0.25, -0.2) is 9.13 Å². The molecule has 0 rings (SSSR count). The Bertz CT molecular complexity index is 1980. The molecular formula is C83H162O17P2. The lowest BCUT2D eigenvalue weighted by Gasteiger charge is -2.21. The highest BCUT2D eigenvalue weighted by atomic mass is 31.2. The Morgan fingerprint density at radius 1 is 0.284 bits per heavy atom. The predicted molar refractivity (Wildman–Crippen MR) is 418 cm³/mol. The van der Waals surface area contributed by atoms with Crippen LogP contribution in [0.4, 0.5) is 0 Å². The molecule has 0 bridgehead atoms. The largest absolute Gasteiger partial charge is 0.472 e. The number of phosphoric ester groups is 2. The van der Waals surface area contributed by atoms with E-state index in [1.807, 2.05) is 0 Å². The minimum atomic E-state index is -4.96. The summed E-state index contributed by atoms with van der Waals surface area (Å²) in [6, 6.07) is 0. The van der Waals surface area contributed by atoms with Crippen LogP contribution in [0, 0.1) is 17.8 Å². The van der Waals surface area contributed by atoms with Gasteiger partial charge < -0.3 is 33.8 Å². The maximum Gasteiger partial charge on any atom is 0.472 e. The van der Waals surface area contributed by atoms with Crippen molar-refractivity contribution in [3.63, 3.8) is 0 Å². The summed E-state index contributed by atoms with van der Waals surface area (Å²) in [5.74, 6) is 0.204. The molecule has 19 heteroatoms. The van der Waals surface area contributed by atoms with Crippen LogP contribution in [0.1, 0.15) is 434 Å². The number of aliphatic hydroxyl groups excluding tert-OH is 1. The second kappa shape index (κ2) is 73.2. The van der Waals surface area contributed by atoms with E-state index in [1.165, 1.54) is 244 Å². The number of esters is 4. The monoisotopic (exact) mass is 1490 g/mol. The number of phosphoric acid groups is 2. The Labute approximate surface area is 626 Å². The summed E-state index contributed by atoms with van der Waals surface area (Å²) in [5.41, 5.74) is 0. The van der Waals surface area contributed by atoms with Crippen LogP contribution in [0.5, 0.6) is 0 Å². The molecule has 17 nitrogen and oxygen atoms in total. The summed E-state index contributed by atoms with van der Waals surface area (Å²) in [4.78, 5) is 73.0. The fraction of sp³-hybridized carbons (Fsp3) is 0.952. The number of carbonyl (C=O) groups is 4. The number of hydrogen-bond acceptors (Lipinski definition) is 15. The van der Waals surface area contributed by atoms with Crippen molar-refractivity contribution in [1.29, 1.82) is 0 Å². The van der Waals surface area contributed by atoms with E-state index in [4.69, 9.17) is 37.0 Å². The van der Waals surface area contributed by atoms with Gasteiger partial charge in [-0.2, -0.15) is 0 Å². The first-order valence-electron chi connectivity index (χ1n) is 42.9. The van der Waals surface area contributed by atoms with E-state index in [0.29, 0.717) is 25.7 Å². The van der Waals surface area contributed by atoms with Gasteiger partial charge in [-0.15, -0.1) is 0 Å². The molecule has 0 aliphatic heterocycles. The number of rotatable bonds is 81. The van der Waals surface area contributed by atoms with Gasteiger partial charge in [0.25, 0.3) is 0 Å². The highest BCUT2D eigenvalue weighted by molar-refractivity contribution is 7.47. The van der Waals surface area contributed by atoms with Crippen molar-refractivity contribution in [3.8, 4) is 0 Å². The quantitative estimate of drug-likeness (QED) is 0.0222. The van der Waals surface area contributed by atoms with Crippen molar-refractivity contribution >= 4 is 39.5 Å².